The van der Waals surface area contributed by atoms with Gasteiger partial charge in [-0.05, 0) is 123 Å². The monoisotopic (exact) mass is 571 g/mol. The molecule has 1 aromatic carbocycles. The fourth-order valence-electron chi connectivity index (χ4n) is 9.71. The van der Waals surface area contributed by atoms with Crippen LogP contribution in [-0.2, 0) is 4.74 Å². The Kier molecular flexibility index (Phi) is 17.1. The lowest BCUT2D eigenvalue weighted by molar-refractivity contribution is -0.0934. The quantitative estimate of drug-likeness (QED) is 0.329. The molecule has 4 aliphatic rings. The molecule has 0 N–H and O–H groups in total. The lowest BCUT2D eigenvalue weighted by Crippen LogP contribution is -2.50. The molecular formula is C39H70O2. The summed E-state index contributed by atoms with van der Waals surface area (Å²) in [5.41, 5.74) is 3.09. The second-order valence-electron chi connectivity index (χ2n) is 13.5. The number of ether oxygens (including phenoxy) is 1. The van der Waals surface area contributed by atoms with E-state index < -0.39 is 0 Å². The fourth-order valence-corrected chi connectivity index (χ4v) is 9.71. The number of carbonyl (C=O) groups is 1. The highest BCUT2D eigenvalue weighted by Gasteiger charge is 2.57. The summed E-state index contributed by atoms with van der Waals surface area (Å²) in [6.07, 6.45) is 15.8. The topological polar surface area (TPSA) is 26.3 Å². The maximum atomic E-state index is 10.1. The Labute approximate surface area is 257 Å². The van der Waals surface area contributed by atoms with E-state index in [-0.39, 0.29) is 0 Å². The van der Waals surface area contributed by atoms with Gasteiger partial charge in [-0.3, -0.25) is 4.79 Å². The largest absolute Gasteiger partial charge is 0.384 e. The minimum atomic E-state index is 0.502. The molecule has 7 unspecified atom stereocenters. The van der Waals surface area contributed by atoms with Crippen LogP contribution in [0.1, 0.15) is 149 Å². The van der Waals surface area contributed by atoms with Gasteiger partial charge in [0.15, 0.2) is 0 Å². The predicted molar refractivity (Wildman–Crippen MR) is 181 cm³/mol. The maximum Gasteiger partial charge on any atom is 0.150 e. The van der Waals surface area contributed by atoms with Gasteiger partial charge in [0.05, 0.1) is 6.61 Å². The third-order valence-electron chi connectivity index (χ3n) is 11.5. The summed E-state index contributed by atoms with van der Waals surface area (Å²) >= 11 is 0. The second-order valence-corrected chi connectivity index (χ2v) is 13.5. The number of hydrogen-bond donors (Lipinski definition) is 0. The van der Waals surface area contributed by atoms with Crippen LogP contribution >= 0.6 is 0 Å². The van der Waals surface area contributed by atoms with Crippen LogP contribution in [0, 0.1) is 59.2 Å². The Bertz CT molecular complexity index is 828. The number of benzene rings is 1. The highest BCUT2D eigenvalue weighted by atomic mass is 16.5. The van der Waals surface area contributed by atoms with Gasteiger partial charge >= 0.3 is 0 Å². The lowest BCUT2D eigenvalue weighted by atomic mass is 9.47. The van der Waals surface area contributed by atoms with E-state index in [0.717, 1.165) is 59.9 Å². The second kappa shape index (κ2) is 18.5. The molecule has 8 atom stereocenters. The molecule has 0 aliphatic heterocycles. The summed E-state index contributed by atoms with van der Waals surface area (Å²) in [5, 5.41) is 0. The normalized spacial score (nSPS) is 34.8. The summed E-state index contributed by atoms with van der Waals surface area (Å²) in [6, 6.07) is 7.46. The van der Waals surface area contributed by atoms with Crippen molar-refractivity contribution >= 4 is 6.29 Å². The first-order valence-corrected chi connectivity index (χ1v) is 17.8. The van der Waals surface area contributed by atoms with Gasteiger partial charge < -0.3 is 4.74 Å². The molecule has 2 nitrogen and oxygen atoms in total. The van der Waals surface area contributed by atoms with Crippen LogP contribution < -0.4 is 0 Å². The minimum Gasteiger partial charge on any atom is -0.384 e. The molecule has 4 fully saturated rings. The van der Waals surface area contributed by atoms with E-state index in [4.69, 9.17) is 4.74 Å². The Hall–Kier alpha value is -1.15. The van der Waals surface area contributed by atoms with Crippen molar-refractivity contribution in [2.45, 2.75) is 140 Å². The van der Waals surface area contributed by atoms with Crippen molar-refractivity contribution in [2.75, 3.05) is 13.7 Å². The number of fused-ring (bicyclic) bond motifs is 5. The zero-order valence-corrected chi connectivity index (χ0v) is 29.5. The molecule has 0 aromatic heterocycles. The molecule has 0 spiro atoms. The van der Waals surface area contributed by atoms with E-state index in [9.17, 15) is 4.79 Å². The lowest BCUT2D eigenvalue weighted by Gasteiger charge is -2.58. The Morgan fingerprint density at radius 1 is 0.854 bits per heavy atom. The van der Waals surface area contributed by atoms with Crippen LogP contribution in [0.15, 0.2) is 24.3 Å². The van der Waals surface area contributed by atoms with E-state index >= 15 is 0 Å². The van der Waals surface area contributed by atoms with Crippen molar-refractivity contribution in [1.82, 2.24) is 0 Å². The van der Waals surface area contributed by atoms with Crippen LogP contribution in [0.5, 0.6) is 0 Å². The van der Waals surface area contributed by atoms with Gasteiger partial charge in [-0.1, -0.05) is 99.1 Å². The van der Waals surface area contributed by atoms with E-state index in [1.165, 1.54) is 50.5 Å². The summed E-state index contributed by atoms with van der Waals surface area (Å²) < 4.78 is 5.67. The smallest absolute Gasteiger partial charge is 0.150 e. The highest BCUT2D eigenvalue weighted by molar-refractivity contribution is 5.74. The fraction of sp³-hybridized carbons (Fsp3) is 0.821. The first-order valence-electron chi connectivity index (χ1n) is 17.8. The molecule has 0 heterocycles. The van der Waals surface area contributed by atoms with Crippen molar-refractivity contribution in [3.63, 3.8) is 0 Å². The molecule has 0 amide bonds. The molecule has 0 radical (unpaired) electrons. The van der Waals surface area contributed by atoms with Crippen LogP contribution in [0.4, 0.5) is 0 Å². The summed E-state index contributed by atoms with van der Waals surface area (Å²) in [4.78, 5) is 10.1. The summed E-state index contributed by atoms with van der Waals surface area (Å²) in [6.45, 7) is 25.1. The van der Waals surface area contributed by atoms with Gasteiger partial charge in [0.2, 0.25) is 0 Å². The minimum absolute atomic E-state index is 0.502. The Morgan fingerprint density at radius 3 is 2.00 bits per heavy atom. The Balaban J connectivity index is 0.000000470. The van der Waals surface area contributed by atoms with Gasteiger partial charge in [0.1, 0.15) is 6.29 Å². The van der Waals surface area contributed by atoms with Crippen LogP contribution in [0.3, 0.4) is 0 Å². The number of hydrogen-bond acceptors (Lipinski definition) is 2. The van der Waals surface area contributed by atoms with Crippen LogP contribution in [-0.4, -0.2) is 20.0 Å². The van der Waals surface area contributed by atoms with Crippen molar-refractivity contribution in [2.24, 2.45) is 52.3 Å². The number of methoxy groups -OCH3 is 1. The Morgan fingerprint density at radius 2 is 1.46 bits per heavy atom. The molecule has 238 valence electrons. The van der Waals surface area contributed by atoms with Crippen LogP contribution in [0.25, 0.3) is 0 Å². The average molecular weight is 571 g/mol. The molecular weight excluding hydrogens is 500 g/mol. The molecule has 1 aromatic rings. The molecule has 41 heavy (non-hydrogen) atoms. The number of aldehydes is 1. The molecule has 2 heteroatoms. The van der Waals surface area contributed by atoms with Crippen molar-refractivity contribution in [3.8, 4) is 0 Å². The average Bonchev–Trinajstić information content (AvgIpc) is 3.38. The number of rotatable bonds is 5. The molecule has 4 saturated carbocycles. The third kappa shape index (κ3) is 8.93. The van der Waals surface area contributed by atoms with E-state index in [2.05, 4.69) is 27.7 Å². The highest BCUT2D eigenvalue weighted by Crippen LogP contribution is 2.66. The SMILES string of the molecule is CC.CC.CC.CC[C@]1(COC)CCC2C(CCC3C2CCC2(C)C(C(C)C)CCC32)C1.Cc1ccc(C=O)cc1. The van der Waals surface area contributed by atoms with Crippen LogP contribution in [0.2, 0.25) is 0 Å². The van der Waals surface area contributed by atoms with Crippen molar-refractivity contribution in [1.29, 1.82) is 0 Å². The molecule has 0 saturated heterocycles. The van der Waals surface area contributed by atoms with Gasteiger partial charge in [-0.15, -0.1) is 0 Å². The van der Waals surface area contributed by atoms with Gasteiger partial charge in [-0.2, -0.15) is 0 Å². The zero-order valence-electron chi connectivity index (χ0n) is 29.5. The van der Waals surface area contributed by atoms with E-state index in [1.54, 1.807) is 19.3 Å². The van der Waals surface area contributed by atoms with Gasteiger partial charge in [-0.25, -0.2) is 0 Å². The number of aryl methyl sites for hydroxylation is 1. The van der Waals surface area contributed by atoms with Gasteiger partial charge in [0.25, 0.3) is 0 Å². The first-order chi connectivity index (χ1) is 19.8. The van der Waals surface area contributed by atoms with Crippen molar-refractivity contribution < 1.29 is 9.53 Å². The zero-order chi connectivity index (χ0) is 31.2. The molecule has 0 bridgehead atoms. The molecule has 5 rings (SSSR count). The third-order valence-corrected chi connectivity index (χ3v) is 11.5. The molecule has 4 aliphatic carbocycles. The maximum absolute atomic E-state index is 10.1. The van der Waals surface area contributed by atoms with E-state index in [1.807, 2.05) is 79.8 Å². The number of carbonyl (C=O) groups excluding carboxylic acids is 1. The summed E-state index contributed by atoms with van der Waals surface area (Å²) in [5.74, 6) is 7.11. The first kappa shape index (κ1) is 37.9. The standard InChI is InChI=1S/C25H44O.C8H8O.3C2H6/c1-6-25(16-26-5)14-12-19-18(15-25)7-8-21-20(19)11-13-24(4)22(17(2)3)9-10-23(21)24;1-7-2-4-8(6-9)5-3-7;3*1-2/h17-23H,6-16H2,1-5H3;2-6H,1H3;3*1-2H3/t18?,19?,20?,21?,22?,23?,24?,25-;;;;/m0..../s1. The summed E-state index contributed by atoms with van der Waals surface area (Å²) in [7, 11) is 1.91. The van der Waals surface area contributed by atoms with Gasteiger partial charge in [0, 0.05) is 12.7 Å². The predicted octanol–water partition coefficient (Wildman–Crippen LogP) is 11.8. The van der Waals surface area contributed by atoms with Crippen molar-refractivity contribution in [3.05, 3.63) is 35.4 Å². The van der Waals surface area contributed by atoms with E-state index in [0.29, 0.717) is 10.8 Å².